The number of benzene rings is 1. The molecule has 0 aliphatic heterocycles. The molecule has 0 aliphatic rings. The smallest absolute Gasteiger partial charge is 0.316 e. The molecule has 1 atom stereocenters. The molecule has 148 valence electrons. The van der Waals surface area contributed by atoms with Gasteiger partial charge in [-0.1, -0.05) is 29.3 Å². The molecule has 5 nitrogen and oxygen atoms in total. The highest BCUT2D eigenvalue weighted by Crippen LogP contribution is 2.27. The van der Waals surface area contributed by atoms with E-state index in [0.29, 0.717) is 31.8 Å². The minimum Gasteiger partial charge on any atom is -0.454 e. The molecule has 9 heteroatoms. The molecule has 0 bridgehead atoms. The predicted octanol–water partition coefficient (Wildman–Crippen LogP) is 5.45. The van der Waals surface area contributed by atoms with Gasteiger partial charge in [0.05, 0.1) is 21.2 Å². The maximum Gasteiger partial charge on any atom is 0.316 e. The number of rotatable bonds is 6. The van der Waals surface area contributed by atoms with E-state index in [2.05, 4.69) is 9.97 Å². The van der Waals surface area contributed by atoms with Crippen molar-refractivity contribution in [2.45, 2.75) is 32.6 Å². The van der Waals surface area contributed by atoms with Crippen molar-refractivity contribution in [2.24, 2.45) is 0 Å². The van der Waals surface area contributed by atoms with E-state index in [-0.39, 0.29) is 17.3 Å². The summed E-state index contributed by atoms with van der Waals surface area (Å²) in [6.45, 7) is 5.55. The number of H-pyrrole nitrogens is 1. The van der Waals surface area contributed by atoms with Crippen molar-refractivity contribution in [3.05, 3.63) is 60.4 Å². The molecule has 0 saturated heterocycles. The molecule has 0 aliphatic carbocycles. The fourth-order valence-electron chi connectivity index (χ4n) is 2.63. The van der Waals surface area contributed by atoms with E-state index in [1.807, 2.05) is 19.9 Å². The molecule has 0 unspecified atom stereocenters. The Labute approximate surface area is 180 Å². The molecular formula is C19H18Cl2N2O3S2. The molecule has 0 amide bonds. The number of halogens is 2. The summed E-state index contributed by atoms with van der Waals surface area (Å²) in [5.74, 6) is 0.754. The Bertz CT molecular complexity index is 1090. The van der Waals surface area contributed by atoms with Crippen LogP contribution >= 0.6 is 46.3 Å². The monoisotopic (exact) mass is 456 g/mol. The second-order valence-electron chi connectivity index (χ2n) is 6.29. The third kappa shape index (κ3) is 4.71. The van der Waals surface area contributed by atoms with Gasteiger partial charge in [-0.05, 0) is 44.0 Å². The van der Waals surface area contributed by atoms with Crippen LogP contribution in [0.3, 0.4) is 0 Å². The number of fused-ring (bicyclic) bond motifs is 1. The Morgan fingerprint density at radius 1 is 1.32 bits per heavy atom. The van der Waals surface area contributed by atoms with Gasteiger partial charge in [-0.3, -0.25) is 9.59 Å². The van der Waals surface area contributed by atoms with Gasteiger partial charge in [-0.25, -0.2) is 4.98 Å². The summed E-state index contributed by atoms with van der Waals surface area (Å²) in [5, 5.41) is 1.58. The maximum absolute atomic E-state index is 12.4. The lowest BCUT2D eigenvalue weighted by atomic mass is 10.2. The van der Waals surface area contributed by atoms with Gasteiger partial charge in [-0.15, -0.1) is 23.1 Å². The van der Waals surface area contributed by atoms with E-state index >= 15 is 0 Å². The van der Waals surface area contributed by atoms with Crippen molar-refractivity contribution in [1.82, 2.24) is 9.97 Å². The molecule has 1 aromatic carbocycles. The van der Waals surface area contributed by atoms with Gasteiger partial charge < -0.3 is 9.72 Å². The van der Waals surface area contributed by atoms with Crippen LogP contribution in [-0.4, -0.2) is 21.7 Å². The molecule has 0 saturated carbocycles. The number of ether oxygens (including phenoxy) is 1. The summed E-state index contributed by atoms with van der Waals surface area (Å²) >= 11 is 14.8. The molecule has 3 rings (SSSR count). The lowest BCUT2D eigenvalue weighted by molar-refractivity contribution is -0.145. The third-order valence-electron chi connectivity index (χ3n) is 4.22. The van der Waals surface area contributed by atoms with Crippen LogP contribution < -0.4 is 5.56 Å². The number of thioether (sulfide) groups is 1. The highest BCUT2D eigenvalue weighted by atomic mass is 35.5. The maximum atomic E-state index is 12.4. The van der Waals surface area contributed by atoms with Crippen molar-refractivity contribution in [1.29, 1.82) is 0 Å². The topological polar surface area (TPSA) is 72.0 Å². The van der Waals surface area contributed by atoms with Crippen molar-refractivity contribution < 1.29 is 9.53 Å². The minimum atomic E-state index is -0.641. The van der Waals surface area contributed by atoms with Gasteiger partial charge in [0, 0.05) is 10.6 Å². The quantitative estimate of drug-likeness (QED) is 0.499. The number of esters is 1. The van der Waals surface area contributed by atoms with E-state index in [4.69, 9.17) is 27.9 Å². The van der Waals surface area contributed by atoms with Crippen LogP contribution in [0.5, 0.6) is 0 Å². The summed E-state index contributed by atoms with van der Waals surface area (Å²) in [6, 6.07) is 5.37. The van der Waals surface area contributed by atoms with Crippen LogP contribution in [0.2, 0.25) is 10.0 Å². The number of aryl methyl sites for hydroxylation is 2. The zero-order valence-electron chi connectivity index (χ0n) is 15.5. The van der Waals surface area contributed by atoms with Crippen LogP contribution in [0.25, 0.3) is 10.2 Å². The molecule has 0 spiro atoms. The van der Waals surface area contributed by atoms with Gasteiger partial charge in [0.1, 0.15) is 4.83 Å². The number of hydrogen-bond acceptors (Lipinski definition) is 6. The lowest BCUT2D eigenvalue weighted by Gasteiger charge is -2.12. The van der Waals surface area contributed by atoms with Crippen molar-refractivity contribution in [3.8, 4) is 0 Å². The SMILES string of the molecule is Cc1sc2nc([C@H](C)OC(=O)CSCc3ccc(Cl)c(Cl)c3)[nH]c(=O)c2c1C. The van der Waals surface area contributed by atoms with Gasteiger partial charge >= 0.3 is 5.97 Å². The Morgan fingerprint density at radius 3 is 2.79 bits per heavy atom. The number of hydrogen-bond donors (Lipinski definition) is 1. The van der Waals surface area contributed by atoms with Crippen LogP contribution in [0.4, 0.5) is 0 Å². The first-order valence-electron chi connectivity index (χ1n) is 8.47. The van der Waals surface area contributed by atoms with Gasteiger partial charge in [0.2, 0.25) is 0 Å². The molecule has 1 N–H and O–H groups in total. The number of aromatic nitrogens is 2. The van der Waals surface area contributed by atoms with E-state index in [1.54, 1.807) is 19.1 Å². The summed E-state index contributed by atoms with van der Waals surface area (Å²) < 4.78 is 5.42. The van der Waals surface area contributed by atoms with Crippen molar-refractivity contribution in [3.63, 3.8) is 0 Å². The Balaban J connectivity index is 1.60. The van der Waals surface area contributed by atoms with Gasteiger partial charge in [0.15, 0.2) is 11.9 Å². The van der Waals surface area contributed by atoms with E-state index in [0.717, 1.165) is 16.0 Å². The number of aromatic amines is 1. The summed E-state index contributed by atoms with van der Waals surface area (Å²) in [4.78, 5) is 33.4. The fourth-order valence-corrected chi connectivity index (χ4v) is 4.74. The largest absolute Gasteiger partial charge is 0.454 e. The van der Waals surface area contributed by atoms with Gasteiger partial charge in [-0.2, -0.15) is 0 Å². The van der Waals surface area contributed by atoms with Crippen LogP contribution in [-0.2, 0) is 15.3 Å². The van der Waals surface area contributed by atoms with Crippen molar-refractivity contribution >= 4 is 62.5 Å². The summed E-state index contributed by atoms with van der Waals surface area (Å²) in [6.07, 6.45) is -0.641. The Hall–Kier alpha value is -1.54. The fraction of sp³-hybridized carbons (Fsp3) is 0.316. The molecule has 0 fully saturated rings. The number of thiophene rings is 1. The first kappa shape index (κ1) is 21.2. The number of nitrogens with one attached hydrogen (secondary N) is 1. The number of carbonyl (C=O) groups is 1. The van der Waals surface area contributed by atoms with E-state index in [1.165, 1.54) is 23.1 Å². The van der Waals surface area contributed by atoms with Crippen molar-refractivity contribution in [2.75, 3.05) is 5.75 Å². The summed E-state index contributed by atoms with van der Waals surface area (Å²) in [5.41, 5.74) is 1.70. The number of carbonyl (C=O) groups excluding carboxylic acids is 1. The molecule has 0 radical (unpaired) electrons. The molecule has 2 aromatic heterocycles. The van der Waals surface area contributed by atoms with Crippen LogP contribution in [0.15, 0.2) is 23.0 Å². The highest BCUT2D eigenvalue weighted by molar-refractivity contribution is 7.99. The Morgan fingerprint density at radius 2 is 2.07 bits per heavy atom. The minimum absolute atomic E-state index is 0.175. The second kappa shape index (κ2) is 8.86. The average molecular weight is 457 g/mol. The van der Waals surface area contributed by atoms with Crippen LogP contribution in [0.1, 0.15) is 34.9 Å². The normalized spacial score (nSPS) is 12.3. The van der Waals surface area contributed by atoms with Crippen LogP contribution in [0, 0.1) is 13.8 Å². The predicted molar refractivity (Wildman–Crippen MR) is 117 cm³/mol. The summed E-state index contributed by atoms with van der Waals surface area (Å²) in [7, 11) is 0. The first-order valence-corrected chi connectivity index (χ1v) is 11.2. The third-order valence-corrected chi connectivity index (χ3v) is 7.04. The lowest BCUT2D eigenvalue weighted by Crippen LogP contribution is -2.18. The molecule has 28 heavy (non-hydrogen) atoms. The van der Waals surface area contributed by atoms with E-state index < -0.39 is 6.10 Å². The number of nitrogens with zero attached hydrogens (tertiary/aromatic N) is 1. The molecular weight excluding hydrogens is 439 g/mol. The average Bonchev–Trinajstić information content (AvgIpc) is 2.92. The molecule has 2 heterocycles. The first-order chi connectivity index (χ1) is 13.3. The zero-order chi connectivity index (χ0) is 20.4. The molecule has 3 aromatic rings. The van der Waals surface area contributed by atoms with Gasteiger partial charge in [0.25, 0.3) is 5.56 Å². The Kier molecular flexibility index (Phi) is 6.70. The highest BCUT2D eigenvalue weighted by Gasteiger charge is 2.18. The second-order valence-corrected chi connectivity index (χ2v) is 9.29. The van der Waals surface area contributed by atoms with E-state index in [9.17, 15) is 9.59 Å². The standard InChI is InChI=1S/C19H18Cl2N2O3S2/c1-9-11(3)28-19-16(9)18(25)22-17(23-19)10(2)26-15(24)8-27-7-12-4-5-13(20)14(21)6-12/h4-6,10H,7-8H2,1-3H3,(H,22,23,25)/t10-/m0/s1. The zero-order valence-corrected chi connectivity index (χ0v) is 18.6.